The van der Waals surface area contributed by atoms with E-state index >= 15 is 0 Å². The SMILES string of the molecule is [2H]/C(C(=O)CC(=O)/C([2H])=C(\[2H])c1ccc(O)c(OC([2H])([2H])[2H])c1)=C(/[2H])c1ccc(O)c(OC([2H])([2H])[2H])c1. The average molecular weight is 378 g/mol. The molecule has 2 N–H and O–H groups in total. The summed E-state index contributed by atoms with van der Waals surface area (Å²) in [6.07, 6.45) is -1.06. The number of hydrogen-bond acceptors (Lipinski definition) is 6. The van der Waals surface area contributed by atoms with Crippen LogP contribution in [0.4, 0.5) is 0 Å². The average Bonchev–Trinajstić information content (AvgIpc) is 2.78. The lowest BCUT2D eigenvalue weighted by molar-refractivity contribution is -0.121. The number of phenols is 2. The first-order valence-corrected chi connectivity index (χ1v) is 7.36. The Labute approximate surface area is 171 Å². The van der Waals surface area contributed by atoms with Gasteiger partial charge in [-0.25, -0.2) is 0 Å². The van der Waals surface area contributed by atoms with Gasteiger partial charge in [0.05, 0.1) is 34.2 Å². The second-order valence-electron chi connectivity index (χ2n) is 5.09. The number of rotatable bonds is 8. The van der Waals surface area contributed by atoms with Gasteiger partial charge in [-0.1, -0.05) is 24.2 Å². The fraction of sp³-hybridized carbons (Fsp3) is 0.143. The molecule has 6 nitrogen and oxygen atoms in total. The zero-order chi connectivity index (χ0) is 28.3. The molecule has 0 atom stereocenters. The summed E-state index contributed by atoms with van der Waals surface area (Å²) in [6, 6.07) is 2.71. The summed E-state index contributed by atoms with van der Waals surface area (Å²) in [7, 11) is -5.84. The molecule has 0 radical (unpaired) electrons. The van der Waals surface area contributed by atoms with Crippen LogP contribution in [0.3, 0.4) is 0 Å². The number of ether oxygens (including phenoxy) is 2. The fourth-order valence-corrected chi connectivity index (χ4v) is 1.87. The molecule has 0 spiro atoms. The third-order valence-electron chi connectivity index (χ3n) is 3.15. The van der Waals surface area contributed by atoms with Gasteiger partial charge in [-0.3, -0.25) is 9.59 Å². The number of methoxy groups -OCH3 is 2. The van der Waals surface area contributed by atoms with E-state index in [0.717, 1.165) is 36.4 Å². The largest absolute Gasteiger partial charge is 0.504 e. The first-order chi connectivity index (χ1) is 16.9. The van der Waals surface area contributed by atoms with Crippen LogP contribution in [0.25, 0.3) is 12.1 Å². The van der Waals surface area contributed by atoms with E-state index in [-0.39, 0.29) is 11.1 Å². The monoisotopic (exact) mass is 378 g/mol. The van der Waals surface area contributed by atoms with Gasteiger partial charge >= 0.3 is 0 Å². The lowest BCUT2D eigenvalue weighted by atomic mass is 10.1. The van der Waals surface area contributed by atoms with Gasteiger partial charge in [0.2, 0.25) is 0 Å². The molecule has 0 aliphatic carbocycles. The lowest BCUT2D eigenvalue weighted by Crippen LogP contribution is -2.01. The second kappa shape index (κ2) is 9.24. The standard InChI is InChI=1S/C21H20O6/c1-26-20-11-14(5-9-18(20)24)3-7-16(22)13-17(23)8-4-15-6-10-19(25)21(12-15)27-2/h3-12,24-25H,13H2,1-2H3/b7-3+,8-4+/i1D3,2D3,3D,4D,7D,8D. The second-order valence-corrected chi connectivity index (χ2v) is 5.09. The van der Waals surface area contributed by atoms with Gasteiger partial charge in [-0.2, -0.15) is 0 Å². The Morgan fingerprint density at radius 3 is 1.78 bits per heavy atom. The Bertz CT molecular complexity index is 1180. The van der Waals surface area contributed by atoms with Crippen molar-refractivity contribution in [2.24, 2.45) is 0 Å². The third-order valence-corrected chi connectivity index (χ3v) is 3.15. The molecule has 6 heteroatoms. The van der Waals surface area contributed by atoms with Crippen LogP contribution in [-0.4, -0.2) is 35.9 Å². The summed E-state index contributed by atoms with van der Waals surface area (Å²) in [5, 5.41) is 19.5. The molecule has 0 aromatic heterocycles. The molecule has 0 saturated carbocycles. The van der Waals surface area contributed by atoms with Gasteiger partial charge in [0.25, 0.3) is 0 Å². The topological polar surface area (TPSA) is 93.1 Å². The summed E-state index contributed by atoms with van der Waals surface area (Å²) in [5.41, 5.74) is -0.340. The smallest absolute Gasteiger partial charge is 0.163 e. The fourth-order valence-electron chi connectivity index (χ4n) is 1.87. The zero-order valence-electron chi connectivity index (χ0n) is 23.7. The Hall–Kier alpha value is -3.54. The minimum Gasteiger partial charge on any atom is -0.504 e. The highest BCUT2D eigenvalue weighted by molar-refractivity contribution is 6.10. The highest BCUT2D eigenvalue weighted by Gasteiger charge is 2.06. The predicted molar refractivity (Wildman–Crippen MR) is 102 cm³/mol. The van der Waals surface area contributed by atoms with E-state index in [4.69, 9.17) is 13.7 Å². The summed E-state index contributed by atoms with van der Waals surface area (Å²) in [4.78, 5) is 24.9. The van der Waals surface area contributed by atoms with Crippen LogP contribution in [0.2, 0.25) is 0 Å². The van der Waals surface area contributed by atoms with E-state index in [0.29, 0.717) is 0 Å². The number of ketones is 2. The minimum atomic E-state index is -2.92. The van der Waals surface area contributed by atoms with Gasteiger partial charge in [0, 0.05) is 0 Å². The number of carbonyl (C=O) groups is 2. The molecule has 0 bridgehead atoms. The summed E-state index contributed by atoms with van der Waals surface area (Å²) >= 11 is 0. The van der Waals surface area contributed by atoms with Crippen LogP contribution >= 0.6 is 0 Å². The first kappa shape index (κ1) is 9.97. The molecular formula is C21H20O6. The Balaban J connectivity index is 2.29. The highest BCUT2D eigenvalue weighted by atomic mass is 16.5. The Morgan fingerprint density at radius 2 is 1.37 bits per heavy atom. The third kappa shape index (κ3) is 5.74. The minimum absolute atomic E-state index is 0.170. The van der Waals surface area contributed by atoms with Crippen molar-refractivity contribution in [3.05, 3.63) is 59.6 Å². The van der Waals surface area contributed by atoms with Gasteiger partial charge < -0.3 is 19.7 Å². The van der Waals surface area contributed by atoms with Crippen molar-refractivity contribution < 1.29 is 43.0 Å². The molecule has 140 valence electrons. The number of hydrogen-bond donors (Lipinski definition) is 2. The van der Waals surface area contributed by atoms with Crippen LogP contribution in [0.15, 0.2) is 48.5 Å². The van der Waals surface area contributed by atoms with Crippen molar-refractivity contribution in [3.8, 4) is 23.0 Å². The maximum Gasteiger partial charge on any atom is 0.163 e. The molecule has 0 unspecified atom stereocenters. The van der Waals surface area contributed by atoms with Gasteiger partial charge in [0.15, 0.2) is 34.6 Å². The maximum absolute atomic E-state index is 12.4. The molecular weight excluding hydrogens is 348 g/mol. The highest BCUT2D eigenvalue weighted by Crippen LogP contribution is 2.27. The molecule has 0 amide bonds. The molecule has 27 heavy (non-hydrogen) atoms. The Morgan fingerprint density at radius 1 is 0.926 bits per heavy atom. The van der Waals surface area contributed by atoms with Crippen LogP contribution in [0.1, 0.15) is 31.3 Å². The Kier molecular flexibility index (Phi) is 3.41. The van der Waals surface area contributed by atoms with Gasteiger partial charge in [-0.15, -0.1) is 0 Å². The number of carbonyl (C=O) groups excluding carboxylic acids is 2. The van der Waals surface area contributed by atoms with E-state index in [1.165, 1.54) is 0 Å². The van der Waals surface area contributed by atoms with Crippen molar-refractivity contribution in [2.75, 3.05) is 14.1 Å². The van der Waals surface area contributed by atoms with Crippen molar-refractivity contribution in [2.45, 2.75) is 6.42 Å². The van der Waals surface area contributed by atoms with Crippen LogP contribution in [0.5, 0.6) is 23.0 Å². The number of phenolic OH excluding ortho intramolecular Hbond substituents is 2. The van der Waals surface area contributed by atoms with Gasteiger partial charge in [0.1, 0.15) is 0 Å². The van der Waals surface area contributed by atoms with E-state index in [1.807, 2.05) is 0 Å². The van der Waals surface area contributed by atoms with Crippen LogP contribution < -0.4 is 9.47 Å². The van der Waals surface area contributed by atoms with Crippen molar-refractivity contribution >= 4 is 23.7 Å². The molecule has 2 rings (SSSR count). The summed E-state index contributed by atoms with van der Waals surface area (Å²) in [5.74, 6) is -4.54. The summed E-state index contributed by atoms with van der Waals surface area (Å²) in [6.45, 7) is 0. The van der Waals surface area contributed by atoms with Crippen LogP contribution in [-0.2, 0) is 9.59 Å². The molecule has 0 aliphatic rings. The van der Waals surface area contributed by atoms with Gasteiger partial charge in [-0.05, 0) is 47.5 Å². The molecule has 0 fully saturated rings. The molecule has 0 heterocycles. The van der Waals surface area contributed by atoms with E-state index in [1.54, 1.807) is 0 Å². The lowest BCUT2D eigenvalue weighted by Gasteiger charge is -2.03. The molecule has 0 saturated heterocycles. The number of allylic oxidation sites excluding steroid dienone is 2. The van der Waals surface area contributed by atoms with E-state index in [9.17, 15) is 19.8 Å². The zero-order valence-corrected chi connectivity index (χ0v) is 13.7. The molecule has 2 aromatic rings. The van der Waals surface area contributed by atoms with Crippen molar-refractivity contribution in [1.29, 1.82) is 0 Å². The van der Waals surface area contributed by atoms with E-state index < -0.39 is 79.3 Å². The van der Waals surface area contributed by atoms with Crippen molar-refractivity contribution in [1.82, 2.24) is 0 Å². The first-order valence-electron chi connectivity index (χ1n) is 12.4. The molecule has 2 aromatic carbocycles. The number of benzene rings is 2. The quantitative estimate of drug-likeness (QED) is 0.540. The number of aromatic hydroxyl groups is 2. The van der Waals surface area contributed by atoms with Crippen LogP contribution in [0, 0.1) is 0 Å². The normalized spacial score (nSPS) is 18.8. The maximum atomic E-state index is 12.4. The molecule has 0 aliphatic heterocycles. The van der Waals surface area contributed by atoms with E-state index in [2.05, 4.69) is 9.47 Å². The van der Waals surface area contributed by atoms with Crippen molar-refractivity contribution in [3.63, 3.8) is 0 Å². The summed E-state index contributed by atoms with van der Waals surface area (Å²) < 4.78 is 83.7. The predicted octanol–water partition coefficient (Wildman–Crippen LogP) is 3.37.